The minimum absolute atomic E-state index is 0.0348. The predicted molar refractivity (Wildman–Crippen MR) is 93.3 cm³/mol. The van der Waals surface area contributed by atoms with E-state index < -0.39 is 0 Å². The molecule has 0 N–H and O–H groups in total. The molecule has 0 atom stereocenters. The second-order valence-electron chi connectivity index (χ2n) is 4.38. The maximum absolute atomic E-state index is 12.6. The number of hydrogen-bond donors (Lipinski definition) is 0. The molecular weight excluding hydrogens is 417 g/mol. The van der Waals surface area contributed by atoms with Crippen molar-refractivity contribution in [3.63, 3.8) is 0 Å². The summed E-state index contributed by atoms with van der Waals surface area (Å²) >= 11 is 13.0. The van der Waals surface area contributed by atoms with E-state index in [-0.39, 0.29) is 5.78 Å². The lowest BCUT2D eigenvalue weighted by Gasteiger charge is -2.08. The highest BCUT2D eigenvalue weighted by molar-refractivity contribution is 9.10. The molecule has 0 saturated carbocycles. The van der Waals surface area contributed by atoms with Crippen LogP contribution in [-0.2, 0) is 12.8 Å². The summed E-state index contributed by atoms with van der Waals surface area (Å²) in [5, 5.41) is 0.631. The van der Waals surface area contributed by atoms with E-state index in [0.29, 0.717) is 16.3 Å². The number of fused-ring (bicyclic) bond motifs is 2. The molecule has 5 heteroatoms. The number of aromatic nitrogens is 1. The monoisotopic (exact) mass is 429 g/mol. The van der Waals surface area contributed by atoms with Crippen LogP contribution in [0.2, 0.25) is 5.02 Å². The van der Waals surface area contributed by atoms with Gasteiger partial charge in [-0.2, -0.15) is 0 Å². The van der Waals surface area contributed by atoms with E-state index >= 15 is 0 Å². The Hall–Kier alpha value is -0.710. The molecule has 3 rings (SSSR count). The topological polar surface area (TPSA) is 30.0 Å². The van der Waals surface area contributed by atoms with Gasteiger partial charge in [-0.1, -0.05) is 25.4 Å². The van der Waals surface area contributed by atoms with Gasteiger partial charge in [0.15, 0.2) is 0 Å². The summed E-state index contributed by atoms with van der Waals surface area (Å²) in [6, 6.07) is 5.48. The van der Waals surface area contributed by atoms with Crippen LogP contribution in [0.5, 0.6) is 0 Å². The van der Waals surface area contributed by atoms with Gasteiger partial charge < -0.3 is 0 Å². The van der Waals surface area contributed by atoms with Gasteiger partial charge in [0.05, 0.1) is 5.02 Å². The lowest BCUT2D eigenvalue weighted by Crippen LogP contribution is -2.07. The zero-order chi connectivity index (χ0) is 15.6. The Morgan fingerprint density at radius 1 is 1.19 bits per heavy atom. The van der Waals surface area contributed by atoms with E-state index in [2.05, 4.69) is 36.8 Å². The van der Waals surface area contributed by atoms with Crippen molar-refractivity contribution in [2.24, 2.45) is 0 Å². The Bertz CT molecular complexity index is 701. The Labute approximate surface area is 146 Å². The number of carbonyl (C=O) groups is 1. The Morgan fingerprint density at radius 2 is 1.90 bits per heavy atom. The zero-order valence-electron chi connectivity index (χ0n) is 11.7. The number of nitrogens with zero attached hydrogens (tertiary/aromatic N) is 1. The van der Waals surface area contributed by atoms with Crippen molar-refractivity contribution in [2.45, 2.75) is 26.7 Å². The number of halogens is 3. The number of ketones is 1. The van der Waals surface area contributed by atoms with Crippen molar-refractivity contribution >= 4 is 49.2 Å². The second kappa shape index (κ2) is 7.03. The first-order chi connectivity index (χ1) is 10.1. The molecule has 1 heterocycles. The number of hydrogen-bond acceptors (Lipinski definition) is 2. The van der Waals surface area contributed by atoms with Crippen LogP contribution in [-0.4, -0.2) is 10.8 Å². The fourth-order valence-electron chi connectivity index (χ4n) is 2.31. The van der Waals surface area contributed by atoms with Gasteiger partial charge in [-0.3, -0.25) is 9.78 Å². The van der Waals surface area contributed by atoms with E-state index in [4.69, 9.17) is 11.6 Å². The van der Waals surface area contributed by atoms with Crippen LogP contribution in [0.25, 0.3) is 0 Å². The van der Waals surface area contributed by atoms with E-state index in [1.165, 1.54) is 0 Å². The first-order valence-corrected chi connectivity index (χ1v) is 8.70. The van der Waals surface area contributed by atoms with Crippen molar-refractivity contribution in [2.75, 3.05) is 0 Å². The van der Waals surface area contributed by atoms with Crippen LogP contribution < -0.4 is 0 Å². The van der Waals surface area contributed by atoms with Crippen molar-refractivity contribution in [3.05, 3.63) is 60.7 Å². The highest BCUT2D eigenvalue weighted by atomic mass is 79.9. The maximum Gasteiger partial charge on any atom is 0.211 e. The summed E-state index contributed by atoms with van der Waals surface area (Å²) in [4.78, 5) is 16.8. The highest BCUT2D eigenvalue weighted by Gasteiger charge is 2.24. The summed E-state index contributed by atoms with van der Waals surface area (Å²) in [5.74, 6) is -0.0348. The molecular formula is C16H14Br2ClNO. The molecule has 0 amide bonds. The lowest BCUT2D eigenvalue weighted by molar-refractivity contribution is 0.103. The normalized spacial score (nSPS) is 12.7. The minimum atomic E-state index is -0.0348. The third kappa shape index (κ3) is 3.22. The summed E-state index contributed by atoms with van der Waals surface area (Å²) in [6.07, 6.45) is 3.21. The van der Waals surface area contributed by atoms with Crippen LogP contribution in [0.4, 0.5) is 0 Å². The summed E-state index contributed by atoms with van der Waals surface area (Å²) in [5.41, 5.74) is 3.16. The van der Waals surface area contributed by atoms with E-state index in [1.54, 1.807) is 18.3 Å². The third-order valence-electron chi connectivity index (χ3n) is 3.23. The molecule has 0 radical (unpaired) electrons. The predicted octanol–water partition coefficient (Wildman–Crippen LogP) is 5.62. The van der Waals surface area contributed by atoms with Crippen molar-refractivity contribution in [1.29, 1.82) is 0 Å². The summed E-state index contributed by atoms with van der Waals surface area (Å²) in [7, 11) is 0. The SMILES string of the molecule is CC.O=C1c2ccc(Cl)c(Br)c2CCc2cc(Br)cnc21. The molecule has 0 saturated heterocycles. The van der Waals surface area contributed by atoms with E-state index in [1.807, 2.05) is 19.9 Å². The molecule has 1 aromatic carbocycles. The molecule has 0 unspecified atom stereocenters. The largest absolute Gasteiger partial charge is 0.287 e. The quantitative estimate of drug-likeness (QED) is 0.542. The van der Waals surface area contributed by atoms with Gasteiger partial charge in [0.1, 0.15) is 5.69 Å². The zero-order valence-corrected chi connectivity index (χ0v) is 15.6. The summed E-state index contributed by atoms with van der Waals surface area (Å²) in [6.45, 7) is 4.00. The lowest BCUT2D eigenvalue weighted by atomic mass is 10.0. The molecule has 110 valence electrons. The molecule has 1 aliphatic carbocycles. The average Bonchev–Trinajstić information content (AvgIpc) is 2.63. The number of benzene rings is 1. The molecule has 0 aliphatic heterocycles. The molecule has 21 heavy (non-hydrogen) atoms. The van der Waals surface area contributed by atoms with Crippen molar-refractivity contribution < 1.29 is 4.79 Å². The molecule has 1 aromatic heterocycles. The average molecular weight is 432 g/mol. The van der Waals surface area contributed by atoms with Gasteiger partial charge >= 0.3 is 0 Å². The van der Waals surface area contributed by atoms with Crippen LogP contribution in [0, 0.1) is 0 Å². The third-order valence-corrected chi connectivity index (χ3v) is 5.12. The van der Waals surface area contributed by atoms with Gasteiger partial charge in [0, 0.05) is 20.7 Å². The first-order valence-electron chi connectivity index (χ1n) is 6.74. The number of carbonyl (C=O) groups excluding carboxylic acids is 1. The smallest absolute Gasteiger partial charge is 0.211 e. The molecule has 2 aromatic rings. The van der Waals surface area contributed by atoms with Crippen molar-refractivity contribution in [3.8, 4) is 0 Å². The first kappa shape index (κ1) is 16.7. The molecule has 0 spiro atoms. The maximum atomic E-state index is 12.6. The second-order valence-corrected chi connectivity index (χ2v) is 6.49. The Kier molecular flexibility index (Phi) is 5.58. The fourth-order valence-corrected chi connectivity index (χ4v) is 3.41. The van der Waals surface area contributed by atoms with Gasteiger partial charge in [0.2, 0.25) is 5.78 Å². The number of pyridine rings is 1. The van der Waals surface area contributed by atoms with Gasteiger partial charge in [0.25, 0.3) is 0 Å². The van der Waals surface area contributed by atoms with Crippen LogP contribution in [0.15, 0.2) is 33.3 Å². The van der Waals surface area contributed by atoms with Gasteiger partial charge in [-0.25, -0.2) is 0 Å². The molecule has 0 fully saturated rings. The standard InChI is InChI=1S/C14H8Br2ClNO.C2H6/c15-8-5-7-1-2-9-10(3-4-11(17)12(9)16)14(19)13(7)18-6-8;1-2/h3-6H,1-2H2;1-2H3. The van der Waals surface area contributed by atoms with Crippen molar-refractivity contribution in [1.82, 2.24) is 4.98 Å². The fraction of sp³-hybridized carbons (Fsp3) is 0.250. The molecule has 0 bridgehead atoms. The number of rotatable bonds is 0. The molecule has 1 aliphatic rings. The highest BCUT2D eigenvalue weighted by Crippen LogP contribution is 2.34. The van der Waals surface area contributed by atoms with Crippen LogP contribution in [0.1, 0.15) is 41.0 Å². The van der Waals surface area contributed by atoms with E-state index in [0.717, 1.165) is 32.9 Å². The Morgan fingerprint density at radius 3 is 2.62 bits per heavy atom. The van der Waals surface area contributed by atoms with E-state index in [9.17, 15) is 4.79 Å². The summed E-state index contributed by atoms with van der Waals surface area (Å²) < 4.78 is 1.70. The molecule has 2 nitrogen and oxygen atoms in total. The van der Waals surface area contributed by atoms with Crippen LogP contribution in [0.3, 0.4) is 0 Å². The minimum Gasteiger partial charge on any atom is -0.287 e. The number of aryl methyl sites for hydroxylation is 1. The van der Waals surface area contributed by atoms with Gasteiger partial charge in [-0.05, 0) is 74.0 Å². The van der Waals surface area contributed by atoms with Gasteiger partial charge in [-0.15, -0.1) is 0 Å². The van der Waals surface area contributed by atoms with Crippen LogP contribution >= 0.6 is 43.5 Å². The Balaban J connectivity index is 0.000000774.